The molecule has 1 amide bonds. The summed E-state index contributed by atoms with van der Waals surface area (Å²) in [6, 6.07) is 6.46. The molecular formula is C19H18ClF3N2O4. The molecule has 0 aliphatic heterocycles. The van der Waals surface area contributed by atoms with Crippen LogP contribution in [0.2, 0.25) is 5.02 Å². The van der Waals surface area contributed by atoms with Crippen LogP contribution in [0.4, 0.5) is 19.0 Å². The molecule has 2 rings (SSSR count). The Morgan fingerprint density at radius 1 is 1.21 bits per heavy atom. The zero-order chi connectivity index (χ0) is 21.6. The van der Waals surface area contributed by atoms with Gasteiger partial charge >= 0.3 is 6.36 Å². The van der Waals surface area contributed by atoms with Crippen LogP contribution in [0.15, 0.2) is 30.3 Å². The topological polar surface area (TPSA) is 77.5 Å². The van der Waals surface area contributed by atoms with E-state index in [2.05, 4.69) is 15.0 Å². The lowest BCUT2D eigenvalue weighted by molar-refractivity contribution is -0.274. The van der Waals surface area contributed by atoms with Crippen molar-refractivity contribution < 1.29 is 32.2 Å². The summed E-state index contributed by atoms with van der Waals surface area (Å²) in [4.78, 5) is 27.6. The van der Waals surface area contributed by atoms with Crippen molar-refractivity contribution in [1.29, 1.82) is 0 Å². The van der Waals surface area contributed by atoms with E-state index in [1.165, 1.54) is 19.1 Å². The summed E-state index contributed by atoms with van der Waals surface area (Å²) in [7, 11) is 0. The number of nitrogens with one attached hydrogen (secondary N) is 1. The van der Waals surface area contributed by atoms with Gasteiger partial charge in [-0.15, -0.1) is 13.2 Å². The van der Waals surface area contributed by atoms with Crippen molar-refractivity contribution in [1.82, 2.24) is 4.98 Å². The molecule has 6 nitrogen and oxygen atoms in total. The first-order valence-corrected chi connectivity index (χ1v) is 8.89. The molecule has 156 valence electrons. The van der Waals surface area contributed by atoms with Crippen molar-refractivity contribution >= 4 is 29.1 Å². The first kappa shape index (κ1) is 22.5. The smallest absolute Gasteiger partial charge is 0.492 e. The highest BCUT2D eigenvalue weighted by Gasteiger charge is 2.31. The van der Waals surface area contributed by atoms with Crippen LogP contribution in [-0.2, 0) is 4.79 Å². The quantitative estimate of drug-likeness (QED) is 0.474. The maximum absolute atomic E-state index is 12.3. The van der Waals surface area contributed by atoms with Crippen molar-refractivity contribution in [3.63, 3.8) is 0 Å². The molecule has 1 aromatic heterocycles. The lowest BCUT2D eigenvalue weighted by Crippen LogP contribution is -2.17. The fraction of sp³-hybridized carbons (Fsp3) is 0.316. The molecule has 0 atom stereocenters. The Kier molecular flexibility index (Phi) is 7.44. The highest BCUT2D eigenvalue weighted by molar-refractivity contribution is 6.32. The third-order valence-electron chi connectivity index (χ3n) is 3.52. The lowest BCUT2D eigenvalue weighted by Gasteiger charge is -2.12. The van der Waals surface area contributed by atoms with Gasteiger partial charge in [-0.05, 0) is 37.6 Å². The van der Waals surface area contributed by atoms with Gasteiger partial charge in [0.2, 0.25) is 5.91 Å². The van der Waals surface area contributed by atoms with Gasteiger partial charge in [-0.3, -0.25) is 9.59 Å². The highest BCUT2D eigenvalue weighted by Crippen LogP contribution is 2.31. The number of amides is 1. The molecule has 0 spiro atoms. The van der Waals surface area contributed by atoms with E-state index < -0.39 is 12.1 Å². The number of halogens is 4. The van der Waals surface area contributed by atoms with Crippen molar-refractivity contribution in [3.05, 3.63) is 46.6 Å². The van der Waals surface area contributed by atoms with Gasteiger partial charge in [0.25, 0.3) is 0 Å². The van der Waals surface area contributed by atoms with Crippen molar-refractivity contribution in [2.24, 2.45) is 0 Å². The van der Waals surface area contributed by atoms with Gasteiger partial charge < -0.3 is 14.8 Å². The highest BCUT2D eigenvalue weighted by atomic mass is 35.5. The summed E-state index contributed by atoms with van der Waals surface area (Å²) in [5, 5.41) is 2.49. The number of nitrogens with zero attached hydrogens (tertiary/aromatic N) is 1. The molecule has 0 unspecified atom stereocenters. The number of carbonyl (C=O) groups is 2. The first-order chi connectivity index (χ1) is 13.5. The fourth-order valence-corrected chi connectivity index (χ4v) is 2.65. The number of Topliss-reactive ketones (excluding diaryl/α,β-unsaturated/α-hetero) is 1. The summed E-state index contributed by atoms with van der Waals surface area (Å²) < 4.78 is 45.8. The minimum atomic E-state index is -4.81. The second-order valence-electron chi connectivity index (χ2n) is 6.08. The molecule has 0 bridgehead atoms. The molecule has 1 heterocycles. The minimum absolute atomic E-state index is 0.0391. The van der Waals surface area contributed by atoms with Crippen LogP contribution in [0.1, 0.15) is 35.8 Å². The number of ketones is 1. The van der Waals surface area contributed by atoms with Crippen LogP contribution in [0, 0.1) is 6.92 Å². The van der Waals surface area contributed by atoms with Crippen LogP contribution in [0.3, 0.4) is 0 Å². The summed E-state index contributed by atoms with van der Waals surface area (Å²) in [6.45, 7) is 3.18. The third kappa shape index (κ3) is 7.61. The Morgan fingerprint density at radius 3 is 2.55 bits per heavy atom. The van der Waals surface area contributed by atoms with E-state index in [4.69, 9.17) is 16.3 Å². The number of pyridine rings is 1. The molecule has 2 aromatic rings. The maximum atomic E-state index is 12.3. The predicted octanol–water partition coefficient (Wildman–Crippen LogP) is 4.94. The van der Waals surface area contributed by atoms with Gasteiger partial charge in [0.05, 0.1) is 11.6 Å². The van der Waals surface area contributed by atoms with E-state index in [-0.39, 0.29) is 35.5 Å². The van der Waals surface area contributed by atoms with Crippen molar-refractivity contribution in [2.75, 3.05) is 11.9 Å². The molecule has 1 N–H and O–H groups in total. The number of aromatic nitrogens is 1. The Labute approximate surface area is 170 Å². The second kappa shape index (κ2) is 9.60. The molecule has 0 saturated carbocycles. The number of alkyl halides is 3. The Bertz CT molecular complexity index is 904. The van der Waals surface area contributed by atoms with Crippen LogP contribution in [0.5, 0.6) is 11.5 Å². The van der Waals surface area contributed by atoms with Crippen molar-refractivity contribution in [3.8, 4) is 11.5 Å². The van der Waals surface area contributed by atoms with Gasteiger partial charge in [-0.25, -0.2) is 4.98 Å². The van der Waals surface area contributed by atoms with E-state index >= 15 is 0 Å². The summed E-state index contributed by atoms with van der Waals surface area (Å²) in [5.41, 5.74) is 0.997. The maximum Gasteiger partial charge on any atom is 0.573 e. The van der Waals surface area contributed by atoms with Gasteiger partial charge in [-0.2, -0.15) is 0 Å². The standard InChI is InChI=1S/C19H18ClF3N2O4/c1-11-8-13(9-18(24-11)25-12(2)26)16(27)4-3-7-28-17-6-5-14(10-15(17)20)29-19(21,22)23/h5-6,8-10H,3-4,7H2,1-2H3,(H,24,25,26). The SMILES string of the molecule is CC(=O)Nc1cc(C(=O)CCCOc2ccc(OC(F)(F)F)cc2Cl)cc(C)n1. The molecule has 0 aliphatic carbocycles. The Morgan fingerprint density at radius 2 is 1.93 bits per heavy atom. The number of benzene rings is 1. The van der Waals surface area contributed by atoms with Gasteiger partial charge in [0.15, 0.2) is 5.78 Å². The summed E-state index contributed by atoms with van der Waals surface area (Å²) in [6.07, 6.45) is -4.29. The molecule has 0 radical (unpaired) electrons. The van der Waals surface area contributed by atoms with E-state index in [0.717, 1.165) is 12.1 Å². The fourth-order valence-electron chi connectivity index (χ4n) is 2.43. The first-order valence-electron chi connectivity index (χ1n) is 8.51. The van der Waals surface area contributed by atoms with Crippen molar-refractivity contribution in [2.45, 2.75) is 33.1 Å². The Hall–Kier alpha value is -2.81. The molecular weight excluding hydrogens is 413 g/mol. The normalized spacial score (nSPS) is 11.1. The average Bonchev–Trinajstić information content (AvgIpc) is 2.57. The number of anilines is 1. The number of rotatable bonds is 8. The third-order valence-corrected chi connectivity index (χ3v) is 3.82. The average molecular weight is 431 g/mol. The Balaban J connectivity index is 1.88. The van der Waals surface area contributed by atoms with Gasteiger partial charge in [0, 0.05) is 30.7 Å². The van der Waals surface area contributed by atoms with E-state index in [1.807, 2.05) is 0 Å². The summed E-state index contributed by atoms with van der Waals surface area (Å²) >= 11 is 5.89. The van der Waals surface area contributed by atoms with Gasteiger partial charge in [0.1, 0.15) is 17.3 Å². The van der Waals surface area contributed by atoms with Crippen LogP contribution >= 0.6 is 11.6 Å². The van der Waals surface area contributed by atoms with E-state index in [9.17, 15) is 22.8 Å². The summed E-state index contributed by atoms with van der Waals surface area (Å²) in [5.74, 6) is -0.427. The number of aryl methyl sites for hydroxylation is 1. The second-order valence-corrected chi connectivity index (χ2v) is 6.49. The molecule has 10 heteroatoms. The number of carbonyl (C=O) groups excluding carboxylic acids is 2. The zero-order valence-electron chi connectivity index (χ0n) is 15.6. The van der Waals surface area contributed by atoms with E-state index in [1.54, 1.807) is 13.0 Å². The molecule has 1 aromatic carbocycles. The van der Waals surface area contributed by atoms with Crippen LogP contribution in [-0.4, -0.2) is 29.6 Å². The number of hydrogen-bond donors (Lipinski definition) is 1. The van der Waals surface area contributed by atoms with Gasteiger partial charge in [-0.1, -0.05) is 11.6 Å². The lowest BCUT2D eigenvalue weighted by atomic mass is 10.1. The zero-order valence-corrected chi connectivity index (χ0v) is 16.4. The molecule has 29 heavy (non-hydrogen) atoms. The molecule has 0 fully saturated rings. The monoisotopic (exact) mass is 430 g/mol. The number of hydrogen-bond acceptors (Lipinski definition) is 5. The molecule has 0 aliphatic rings. The number of ether oxygens (including phenoxy) is 2. The van der Waals surface area contributed by atoms with Crippen LogP contribution in [0.25, 0.3) is 0 Å². The van der Waals surface area contributed by atoms with Crippen LogP contribution < -0.4 is 14.8 Å². The predicted molar refractivity (Wildman–Crippen MR) is 100 cm³/mol. The largest absolute Gasteiger partial charge is 0.573 e. The molecule has 0 saturated heterocycles. The minimum Gasteiger partial charge on any atom is -0.492 e. The van der Waals surface area contributed by atoms with E-state index in [0.29, 0.717) is 23.5 Å².